The number of ether oxygens (including phenoxy) is 1. The molecule has 0 radical (unpaired) electrons. The molecule has 1 aliphatic rings. The predicted octanol–water partition coefficient (Wildman–Crippen LogP) is 4.41. The van der Waals surface area contributed by atoms with Crippen LogP contribution in [0.1, 0.15) is 58.1 Å². The summed E-state index contributed by atoms with van der Waals surface area (Å²) in [4.78, 5) is 54.1. The Morgan fingerprint density at radius 2 is 1.54 bits per heavy atom. The van der Waals surface area contributed by atoms with E-state index in [1.165, 1.54) is 6.92 Å². The van der Waals surface area contributed by atoms with Crippen LogP contribution in [0, 0.1) is 11.3 Å². The van der Waals surface area contributed by atoms with Crippen LogP contribution < -0.4 is 4.74 Å². The van der Waals surface area contributed by atoms with Gasteiger partial charge in [0.25, 0.3) is 0 Å². The lowest BCUT2D eigenvalue weighted by Crippen LogP contribution is -2.73. The van der Waals surface area contributed by atoms with Gasteiger partial charge in [0.15, 0.2) is 0 Å². The number of carboxylic acids is 2. The zero-order valence-corrected chi connectivity index (χ0v) is 20.5. The number of carbonyl (C=O) groups excluding carboxylic acids is 2. The van der Waals surface area contributed by atoms with Gasteiger partial charge in [-0.25, -0.2) is 0 Å². The van der Waals surface area contributed by atoms with E-state index in [-0.39, 0.29) is 37.2 Å². The van der Waals surface area contributed by atoms with Crippen LogP contribution in [0.15, 0.2) is 54.6 Å². The third-order valence-electron chi connectivity index (χ3n) is 7.93. The molecule has 7 heteroatoms. The Kier molecular flexibility index (Phi) is 7.20. The minimum Gasteiger partial charge on any atom is -0.494 e. The Labute approximate surface area is 205 Å². The highest BCUT2D eigenvalue weighted by Crippen LogP contribution is 2.67. The Morgan fingerprint density at radius 1 is 0.943 bits per heavy atom. The first-order valence-corrected chi connectivity index (χ1v) is 11.9. The highest BCUT2D eigenvalue weighted by atomic mass is 16.5. The first kappa shape index (κ1) is 26.1. The van der Waals surface area contributed by atoms with Gasteiger partial charge in [0.1, 0.15) is 28.6 Å². The molecule has 35 heavy (non-hydrogen) atoms. The molecular formula is C28H32O7. The molecule has 1 saturated carbocycles. The Morgan fingerprint density at radius 3 is 2.03 bits per heavy atom. The molecule has 4 unspecified atom stereocenters. The standard InChI is InChI=1S/C28H32O7/c1-5-26(19-13-9-8-10-14-19)17-21(30)23(24(31)32)27(6-2,28(26,18(4)29)25(33)34)20-15-11-12-16-22(20)35-7-3/h8-16,23H,5-7,17H2,1-4H3,(H,31,32)(H,33,34). The SMILES string of the molecule is CCOc1ccccc1C1(CC)C(C(=O)O)C(=O)CC(CC)(c2ccccc2)C1(C(C)=O)C(=O)O. The number of aliphatic carboxylic acids is 2. The summed E-state index contributed by atoms with van der Waals surface area (Å²) in [5.74, 6) is -5.67. The number of hydrogen-bond donors (Lipinski definition) is 2. The van der Waals surface area contributed by atoms with Gasteiger partial charge in [0.05, 0.1) is 6.61 Å². The van der Waals surface area contributed by atoms with E-state index < -0.39 is 45.7 Å². The second kappa shape index (κ2) is 9.64. The van der Waals surface area contributed by atoms with Crippen LogP contribution in [0.2, 0.25) is 0 Å². The highest BCUT2D eigenvalue weighted by molar-refractivity contribution is 6.13. The van der Waals surface area contributed by atoms with Gasteiger partial charge in [-0.15, -0.1) is 0 Å². The van der Waals surface area contributed by atoms with Crippen molar-refractivity contribution < 1.29 is 34.1 Å². The van der Waals surface area contributed by atoms with Crippen LogP contribution in [0.25, 0.3) is 0 Å². The average molecular weight is 481 g/mol. The lowest BCUT2D eigenvalue weighted by molar-refractivity contribution is -0.183. The van der Waals surface area contributed by atoms with Crippen LogP contribution in [-0.4, -0.2) is 40.3 Å². The van der Waals surface area contributed by atoms with Gasteiger partial charge in [-0.05, 0) is 38.3 Å². The summed E-state index contributed by atoms with van der Waals surface area (Å²) < 4.78 is 5.83. The molecule has 4 atom stereocenters. The number of para-hydroxylation sites is 1. The number of hydrogen-bond acceptors (Lipinski definition) is 5. The summed E-state index contributed by atoms with van der Waals surface area (Å²) in [6.45, 7) is 6.58. The van der Waals surface area contributed by atoms with Crippen LogP contribution in [0.5, 0.6) is 5.75 Å². The van der Waals surface area contributed by atoms with E-state index in [4.69, 9.17) is 4.74 Å². The maximum Gasteiger partial charge on any atom is 0.319 e. The van der Waals surface area contributed by atoms with Crippen molar-refractivity contribution in [3.63, 3.8) is 0 Å². The van der Waals surface area contributed by atoms with Crippen LogP contribution in [0.4, 0.5) is 0 Å². The minimum absolute atomic E-state index is 0.0831. The summed E-state index contributed by atoms with van der Waals surface area (Å²) in [5, 5.41) is 21.5. The van der Waals surface area contributed by atoms with E-state index >= 15 is 0 Å². The Bertz CT molecular complexity index is 1130. The number of rotatable bonds is 9. The van der Waals surface area contributed by atoms with Crippen LogP contribution in [0.3, 0.4) is 0 Å². The number of ketones is 2. The molecule has 0 aromatic heterocycles. The maximum absolute atomic E-state index is 13.9. The van der Waals surface area contributed by atoms with Crippen LogP contribution >= 0.6 is 0 Å². The normalized spacial score (nSPS) is 28.3. The van der Waals surface area contributed by atoms with Gasteiger partial charge in [-0.3, -0.25) is 19.2 Å². The fraction of sp³-hybridized carbons (Fsp3) is 0.429. The van der Waals surface area contributed by atoms with Crippen molar-refractivity contribution in [1.82, 2.24) is 0 Å². The molecule has 186 valence electrons. The third-order valence-corrected chi connectivity index (χ3v) is 7.93. The monoisotopic (exact) mass is 480 g/mol. The van der Waals surface area contributed by atoms with Crippen molar-refractivity contribution in [1.29, 1.82) is 0 Å². The molecule has 0 aliphatic heterocycles. The highest BCUT2D eigenvalue weighted by Gasteiger charge is 2.78. The van der Waals surface area contributed by atoms with E-state index in [0.29, 0.717) is 5.56 Å². The molecule has 1 fully saturated rings. The molecule has 2 aromatic rings. The number of carbonyl (C=O) groups is 4. The zero-order chi connectivity index (χ0) is 26.0. The quantitative estimate of drug-likeness (QED) is 0.510. The topological polar surface area (TPSA) is 118 Å². The van der Waals surface area contributed by atoms with Crippen molar-refractivity contribution >= 4 is 23.5 Å². The van der Waals surface area contributed by atoms with E-state index in [1.54, 1.807) is 75.4 Å². The predicted molar refractivity (Wildman–Crippen MR) is 129 cm³/mol. The Balaban J connectivity index is 2.66. The number of benzene rings is 2. The molecule has 7 nitrogen and oxygen atoms in total. The molecule has 0 amide bonds. The summed E-state index contributed by atoms with van der Waals surface area (Å²) in [5.41, 5.74) is -4.90. The van der Waals surface area contributed by atoms with Gasteiger partial charge in [-0.1, -0.05) is 62.4 Å². The first-order chi connectivity index (χ1) is 16.6. The van der Waals surface area contributed by atoms with Gasteiger partial charge in [0, 0.05) is 22.8 Å². The van der Waals surface area contributed by atoms with Gasteiger partial charge >= 0.3 is 11.9 Å². The molecular weight excluding hydrogens is 448 g/mol. The smallest absolute Gasteiger partial charge is 0.319 e. The third kappa shape index (κ3) is 3.39. The molecule has 0 spiro atoms. The van der Waals surface area contributed by atoms with E-state index in [0.717, 1.165) is 0 Å². The lowest BCUT2D eigenvalue weighted by Gasteiger charge is -2.61. The van der Waals surface area contributed by atoms with E-state index in [1.807, 2.05) is 0 Å². The van der Waals surface area contributed by atoms with Gasteiger partial charge < -0.3 is 14.9 Å². The Hall–Kier alpha value is -3.48. The molecule has 0 bridgehead atoms. The van der Waals surface area contributed by atoms with E-state index in [9.17, 15) is 29.4 Å². The molecule has 2 N–H and O–H groups in total. The van der Waals surface area contributed by atoms with Crippen molar-refractivity contribution in [2.24, 2.45) is 11.3 Å². The largest absolute Gasteiger partial charge is 0.494 e. The van der Waals surface area contributed by atoms with Gasteiger partial charge in [-0.2, -0.15) is 0 Å². The number of carboxylic acid groups (broad SMARTS) is 2. The number of Topliss-reactive ketones (excluding diaryl/α,β-unsaturated/α-hetero) is 2. The zero-order valence-electron chi connectivity index (χ0n) is 20.5. The summed E-state index contributed by atoms with van der Waals surface area (Å²) in [6, 6.07) is 15.2. The summed E-state index contributed by atoms with van der Waals surface area (Å²) in [6.07, 6.45) is -0.325. The molecule has 3 rings (SSSR count). The van der Waals surface area contributed by atoms with Crippen molar-refractivity contribution in [3.8, 4) is 5.75 Å². The fourth-order valence-electron chi connectivity index (χ4n) is 6.80. The lowest BCUT2D eigenvalue weighted by atomic mass is 9.36. The fourth-order valence-corrected chi connectivity index (χ4v) is 6.80. The molecule has 2 aromatic carbocycles. The average Bonchev–Trinajstić information content (AvgIpc) is 2.83. The maximum atomic E-state index is 13.9. The first-order valence-electron chi connectivity index (χ1n) is 11.9. The van der Waals surface area contributed by atoms with Crippen molar-refractivity contribution in [3.05, 3.63) is 65.7 Å². The molecule has 0 saturated heterocycles. The second-order valence-corrected chi connectivity index (χ2v) is 9.08. The molecule has 0 heterocycles. The molecule has 1 aliphatic carbocycles. The van der Waals surface area contributed by atoms with E-state index in [2.05, 4.69) is 0 Å². The summed E-state index contributed by atoms with van der Waals surface area (Å²) >= 11 is 0. The van der Waals surface area contributed by atoms with Crippen molar-refractivity contribution in [2.45, 2.75) is 57.8 Å². The van der Waals surface area contributed by atoms with Gasteiger partial charge in [0.2, 0.25) is 0 Å². The minimum atomic E-state index is -2.27. The second-order valence-electron chi connectivity index (χ2n) is 9.08. The summed E-state index contributed by atoms with van der Waals surface area (Å²) in [7, 11) is 0. The van der Waals surface area contributed by atoms with Crippen LogP contribution in [-0.2, 0) is 30.0 Å². The van der Waals surface area contributed by atoms with Crippen molar-refractivity contribution in [2.75, 3.05) is 6.61 Å².